The molecular weight excluding hydrogens is 328 g/mol. The van der Waals surface area contributed by atoms with Crippen molar-refractivity contribution in [3.8, 4) is 5.75 Å². The molecule has 1 fully saturated rings. The lowest BCUT2D eigenvalue weighted by Gasteiger charge is -2.37. The summed E-state index contributed by atoms with van der Waals surface area (Å²) in [5, 5.41) is 9.76. The number of carbonyl (C=O) groups excluding carboxylic acids is 1. The third-order valence-corrected chi connectivity index (χ3v) is 3.79. The Bertz CT molecular complexity index is 498. The highest BCUT2D eigenvalue weighted by molar-refractivity contribution is 9.10. The Morgan fingerprint density at radius 2 is 2.25 bits per heavy atom. The number of methoxy groups -OCH3 is 1. The lowest BCUT2D eigenvalue weighted by atomic mass is 9.90. The van der Waals surface area contributed by atoms with Crippen LogP contribution in [-0.4, -0.2) is 38.0 Å². The number of halogens is 1. The van der Waals surface area contributed by atoms with Crippen LogP contribution in [0.2, 0.25) is 0 Å². The van der Waals surface area contributed by atoms with E-state index in [-0.39, 0.29) is 5.41 Å². The van der Waals surface area contributed by atoms with Gasteiger partial charge in [-0.3, -0.25) is 0 Å². The molecule has 6 heteroatoms. The smallest absolute Gasteiger partial charge is 0.339 e. The minimum Gasteiger partial charge on any atom is -0.492 e. The Kier molecular flexibility index (Phi) is 4.67. The minimum atomic E-state index is -1.29. The van der Waals surface area contributed by atoms with Gasteiger partial charge in [0.25, 0.3) is 0 Å². The molecule has 1 N–H and O–H groups in total. The summed E-state index contributed by atoms with van der Waals surface area (Å²) in [5.41, 5.74) is 0.512. The van der Waals surface area contributed by atoms with Crippen LogP contribution in [0.25, 0.3) is 0 Å². The van der Waals surface area contributed by atoms with Gasteiger partial charge >= 0.3 is 5.97 Å². The first kappa shape index (κ1) is 15.3. The van der Waals surface area contributed by atoms with E-state index < -0.39 is 12.1 Å². The van der Waals surface area contributed by atoms with E-state index in [4.69, 9.17) is 9.47 Å². The van der Waals surface area contributed by atoms with Crippen LogP contribution in [0.1, 0.15) is 18.6 Å². The summed E-state index contributed by atoms with van der Waals surface area (Å²) >= 11 is 3.37. The zero-order chi connectivity index (χ0) is 14.8. The highest BCUT2D eigenvalue weighted by Gasteiger charge is 2.34. The molecule has 1 aromatic rings. The van der Waals surface area contributed by atoms with Crippen LogP contribution in [0, 0.1) is 5.41 Å². The molecule has 5 nitrogen and oxygen atoms in total. The lowest BCUT2D eigenvalue weighted by Crippen LogP contribution is -2.44. The monoisotopic (exact) mass is 344 g/mol. The lowest BCUT2D eigenvalue weighted by molar-refractivity contribution is -0.150. The second kappa shape index (κ2) is 6.11. The SMILES string of the molecule is COC(=O)C(O)c1ccc(OCC2(C)COC2)c(Br)c1. The van der Waals surface area contributed by atoms with Crippen molar-refractivity contribution in [1.82, 2.24) is 0 Å². The zero-order valence-corrected chi connectivity index (χ0v) is 13.0. The van der Waals surface area contributed by atoms with Crippen LogP contribution in [0.3, 0.4) is 0 Å². The van der Waals surface area contributed by atoms with Gasteiger partial charge in [0, 0.05) is 5.41 Å². The number of carbonyl (C=O) groups is 1. The van der Waals surface area contributed by atoms with E-state index >= 15 is 0 Å². The molecule has 1 aliphatic rings. The molecule has 0 spiro atoms. The molecule has 0 aromatic heterocycles. The van der Waals surface area contributed by atoms with Gasteiger partial charge in [-0.25, -0.2) is 4.79 Å². The number of hydrogen-bond donors (Lipinski definition) is 1. The van der Waals surface area contributed by atoms with E-state index in [1.807, 2.05) is 0 Å². The van der Waals surface area contributed by atoms with Gasteiger partial charge in [-0.2, -0.15) is 0 Å². The maximum absolute atomic E-state index is 11.3. The van der Waals surface area contributed by atoms with E-state index in [9.17, 15) is 9.90 Å². The standard InChI is InChI=1S/C14H17BrO5/c1-14(6-19-7-14)8-20-11-4-3-9(5-10(11)15)12(16)13(17)18-2/h3-5,12,16H,6-8H2,1-2H3. The summed E-state index contributed by atoms with van der Waals surface area (Å²) in [6, 6.07) is 5.01. The summed E-state index contributed by atoms with van der Waals surface area (Å²) < 4.78 is 16.1. The fourth-order valence-corrected chi connectivity index (χ4v) is 2.35. The molecule has 1 aliphatic heterocycles. The molecular formula is C14H17BrO5. The Hall–Kier alpha value is -1.11. The van der Waals surface area contributed by atoms with Crippen molar-refractivity contribution in [1.29, 1.82) is 0 Å². The average molecular weight is 345 g/mol. The molecule has 1 atom stereocenters. The number of rotatable bonds is 5. The molecule has 1 saturated heterocycles. The summed E-state index contributed by atoms with van der Waals surface area (Å²) in [7, 11) is 1.24. The number of aliphatic hydroxyl groups is 1. The van der Waals surface area contributed by atoms with Gasteiger partial charge in [0.2, 0.25) is 0 Å². The zero-order valence-electron chi connectivity index (χ0n) is 11.4. The highest BCUT2D eigenvalue weighted by atomic mass is 79.9. The predicted molar refractivity (Wildman–Crippen MR) is 75.5 cm³/mol. The van der Waals surface area contributed by atoms with Crippen molar-refractivity contribution < 1.29 is 24.1 Å². The van der Waals surface area contributed by atoms with Crippen LogP contribution >= 0.6 is 15.9 Å². The number of hydrogen-bond acceptors (Lipinski definition) is 5. The Morgan fingerprint density at radius 3 is 2.75 bits per heavy atom. The van der Waals surface area contributed by atoms with Crippen LogP contribution in [0.4, 0.5) is 0 Å². The van der Waals surface area contributed by atoms with E-state index in [2.05, 4.69) is 27.6 Å². The van der Waals surface area contributed by atoms with Gasteiger partial charge in [0.05, 0.1) is 31.4 Å². The Labute approximate surface area is 126 Å². The van der Waals surface area contributed by atoms with Crippen molar-refractivity contribution in [3.05, 3.63) is 28.2 Å². The first-order chi connectivity index (χ1) is 9.45. The number of benzene rings is 1. The van der Waals surface area contributed by atoms with Gasteiger partial charge in [-0.1, -0.05) is 13.0 Å². The first-order valence-electron chi connectivity index (χ1n) is 6.21. The van der Waals surface area contributed by atoms with E-state index in [0.29, 0.717) is 35.6 Å². The Morgan fingerprint density at radius 1 is 1.55 bits per heavy atom. The topological polar surface area (TPSA) is 65.0 Å². The molecule has 0 aliphatic carbocycles. The molecule has 1 heterocycles. The third-order valence-electron chi connectivity index (χ3n) is 3.17. The fraction of sp³-hybridized carbons (Fsp3) is 0.500. The predicted octanol–water partition coefficient (Wildman–Crippen LogP) is 2.07. The largest absolute Gasteiger partial charge is 0.492 e. The quantitative estimate of drug-likeness (QED) is 0.828. The summed E-state index contributed by atoms with van der Waals surface area (Å²) in [4.78, 5) is 11.3. The maximum Gasteiger partial charge on any atom is 0.339 e. The van der Waals surface area contributed by atoms with Gasteiger partial charge in [0.1, 0.15) is 5.75 Å². The van der Waals surface area contributed by atoms with Crippen molar-refractivity contribution in [2.75, 3.05) is 26.9 Å². The summed E-state index contributed by atoms with van der Waals surface area (Å²) in [6.45, 7) is 4.05. The number of esters is 1. The van der Waals surface area contributed by atoms with Crippen molar-refractivity contribution in [3.63, 3.8) is 0 Å². The van der Waals surface area contributed by atoms with Gasteiger partial charge in [0.15, 0.2) is 6.10 Å². The summed E-state index contributed by atoms with van der Waals surface area (Å²) in [6.07, 6.45) is -1.29. The van der Waals surface area contributed by atoms with Gasteiger partial charge < -0.3 is 19.3 Å². The molecule has 0 saturated carbocycles. The van der Waals surface area contributed by atoms with E-state index in [0.717, 1.165) is 0 Å². The molecule has 0 amide bonds. The van der Waals surface area contributed by atoms with Crippen molar-refractivity contribution in [2.45, 2.75) is 13.0 Å². The highest BCUT2D eigenvalue weighted by Crippen LogP contribution is 2.32. The fourth-order valence-electron chi connectivity index (χ4n) is 1.84. The van der Waals surface area contributed by atoms with Crippen LogP contribution in [0.5, 0.6) is 5.75 Å². The summed E-state index contributed by atoms with van der Waals surface area (Å²) in [5.74, 6) is -0.0244. The minimum absolute atomic E-state index is 0.0592. The average Bonchev–Trinajstić information content (AvgIpc) is 2.42. The molecule has 1 unspecified atom stereocenters. The van der Waals surface area contributed by atoms with Crippen molar-refractivity contribution in [2.24, 2.45) is 5.41 Å². The molecule has 20 heavy (non-hydrogen) atoms. The van der Waals surface area contributed by atoms with E-state index in [1.165, 1.54) is 7.11 Å². The number of ether oxygens (including phenoxy) is 3. The van der Waals surface area contributed by atoms with Gasteiger partial charge in [-0.15, -0.1) is 0 Å². The van der Waals surface area contributed by atoms with Crippen LogP contribution in [0.15, 0.2) is 22.7 Å². The molecule has 110 valence electrons. The second-order valence-electron chi connectivity index (χ2n) is 5.21. The third kappa shape index (κ3) is 3.31. The van der Waals surface area contributed by atoms with Crippen LogP contribution in [-0.2, 0) is 14.3 Å². The van der Waals surface area contributed by atoms with Crippen molar-refractivity contribution >= 4 is 21.9 Å². The normalized spacial score (nSPS) is 18.0. The van der Waals surface area contributed by atoms with Gasteiger partial charge in [-0.05, 0) is 33.6 Å². The Balaban J connectivity index is 2.03. The van der Waals surface area contributed by atoms with E-state index in [1.54, 1.807) is 18.2 Å². The molecule has 0 bridgehead atoms. The number of aliphatic hydroxyl groups excluding tert-OH is 1. The second-order valence-corrected chi connectivity index (χ2v) is 6.06. The van der Waals surface area contributed by atoms with Crippen LogP contribution < -0.4 is 4.74 Å². The molecule has 0 radical (unpaired) electrons. The first-order valence-corrected chi connectivity index (χ1v) is 7.00. The maximum atomic E-state index is 11.3. The molecule has 2 rings (SSSR count). The molecule has 1 aromatic carbocycles.